The maximum absolute atomic E-state index is 13.4. The first-order valence-electron chi connectivity index (χ1n) is 12.2. The lowest BCUT2D eigenvalue weighted by Crippen LogP contribution is -2.46. The Kier molecular flexibility index (Phi) is 7.74. The first-order chi connectivity index (χ1) is 17.7. The monoisotopic (exact) mass is 513 g/mol. The van der Waals surface area contributed by atoms with Gasteiger partial charge in [0.15, 0.2) is 0 Å². The maximum atomic E-state index is 13.4. The molecule has 1 N–H and O–H groups in total. The zero-order valence-electron chi connectivity index (χ0n) is 21.7. The normalized spacial score (nSPS) is 11.2. The number of nitrogens with one attached hydrogen (secondary N) is 1. The molecule has 1 aromatic heterocycles. The third-order valence-corrected chi connectivity index (χ3v) is 6.61. The van der Waals surface area contributed by atoms with E-state index in [0.29, 0.717) is 34.8 Å². The molecule has 0 saturated carbocycles. The number of ether oxygens (including phenoxy) is 1. The van der Waals surface area contributed by atoms with Crippen molar-refractivity contribution in [3.05, 3.63) is 88.7 Å². The number of aryl methyl sites for hydroxylation is 1. The van der Waals surface area contributed by atoms with Gasteiger partial charge in [0.25, 0.3) is 5.91 Å². The van der Waals surface area contributed by atoms with Crippen LogP contribution in [0.2, 0.25) is 0 Å². The molecule has 0 atom stereocenters. The molecule has 0 fully saturated rings. The molecule has 0 aliphatic rings. The molecule has 0 unspecified atom stereocenters. The number of amides is 2. The Balaban J connectivity index is 1.64. The van der Waals surface area contributed by atoms with Crippen LogP contribution < -0.4 is 10.1 Å². The molecular formula is C30H31N3O3S. The van der Waals surface area contributed by atoms with E-state index in [4.69, 9.17) is 4.74 Å². The van der Waals surface area contributed by atoms with Gasteiger partial charge in [-0.15, -0.1) is 11.3 Å². The number of hydrogen-bond acceptors (Lipinski definition) is 5. The first kappa shape index (κ1) is 26.1. The van der Waals surface area contributed by atoms with Crippen molar-refractivity contribution in [1.29, 1.82) is 0 Å². The number of benzene rings is 3. The summed E-state index contributed by atoms with van der Waals surface area (Å²) in [5.74, 6) is 0.159. The second kappa shape index (κ2) is 11.0. The minimum Gasteiger partial charge on any atom is -0.409 e. The third-order valence-electron chi connectivity index (χ3n) is 6.02. The van der Waals surface area contributed by atoms with E-state index in [1.807, 2.05) is 88.5 Å². The second-order valence-corrected chi connectivity index (χ2v) is 10.5. The molecule has 4 rings (SSSR count). The molecule has 0 saturated heterocycles. The standard InChI is InChI=1S/C30H31N3O3S/c1-6-33(30(3,4)5)29(35)36-27-16-15-22(17-25(27)26-18-37-19-31-26)32-28(34)24-10-8-7-9-23(24)21-13-11-20(2)12-14-21/h7-19H,6H2,1-5H3,(H,32,34). The molecule has 6 nitrogen and oxygen atoms in total. The summed E-state index contributed by atoms with van der Waals surface area (Å²) in [4.78, 5) is 32.4. The van der Waals surface area contributed by atoms with Crippen LogP contribution in [0.15, 0.2) is 77.6 Å². The Bertz CT molecular complexity index is 1390. The van der Waals surface area contributed by atoms with Crippen molar-refractivity contribution in [2.45, 2.75) is 40.2 Å². The molecule has 2 amide bonds. The lowest BCUT2D eigenvalue weighted by Gasteiger charge is -2.33. The van der Waals surface area contributed by atoms with E-state index >= 15 is 0 Å². The third kappa shape index (κ3) is 6.06. The lowest BCUT2D eigenvalue weighted by molar-refractivity contribution is 0.102. The van der Waals surface area contributed by atoms with Gasteiger partial charge in [0.2, 0.25) is 0 Å². The van der Waals surface area contributed by atoms with Crippen molar-refractivity contribution in [3.63, 3.8) is 0 Å². The molecule has 0 spiro atoms. The molecule has 37 heavy (non-hydrogen) atoms. The number of anilines is 1. The number of carbonyl (C=O) groups is 2. The van der Waals surface area contributed by atoms with Crippen molar-refractivity contribution < 1.29 is 14.3 Å². The molecule has 1 heterocycles. The van der Waals surface area contributed by atoms with Crippen LogP contribution in [-0.4, -0.2) is 34.0 Å². The summed E-state index contributed by atoms with van der Waals surface area (Å²) in [5, 5.41) is 4.89. The zero-order valence-corrected chi connectivity index (χ0v) is 22.6. The molecular weight excluding hydrogens is 482 g/mol. The van der Waals surface area contributed by atoms with Crippen LogP contribution in [0.1, 0.15) is 43.6 Å². The maximum Gasteiger partial charge on any atom is 0.415 e. The quantitative estimate of drug-likeness (QED) is 0.287. The molecule has 0 aliphatic heterocycles. The smallest absolute Gasteiger partial charge is 0.409 e. The van der Waals surface area contributed by atoms with E-state index in [1.165, 1.54) is 11.3 Å². The Morgan fingerprint density at radius 3 is 2.38 bits per heavy atom. The Morgan fingerprint density at radius 2 is 1.73 bits per heavy atom. The Hall–Kier alpha value is -3.97. The number of thiazole rings is 1. The van der Waals surface area contributed by atoms with Gasteiger partial charge < -0.3 is 15.0 Å². The number of carbonyl (C=O) groups excluding carboxylic acids is 2. The largest absolute Gasteiger partial charge is 0.415 e. The molecule has 0 aliphatic carbocycles. The van der Waals surface area contributed by atoms with Crippen LogP contribution in [-0.2, 0) is 0 Å². The van der Waals surface area contributed by atoms with Crippen LogP contribution in [0.4, 0.5) is 10.5 Å². The first-order valence-corrected chi connectivity index (χ1v) is 13.1. The average Bonchev–Trinajstić information content (AvgIpc) is 3.40. The van der Waals surface area contributed by atoms with Crippen LogP contribution in [0.25, 0.3) is 22.4 Å². The highest BCUT2D eigenvalue weighted by molar-refractivity contribution is 7.07. The van der Waals surface area contributed by atoms with E-state index in [1.54, 1.807) is 28.6 Å². The van der Waals surface area contributed by atoms with Crippen LogP contribution in [0.3, 0.4) is 0 Å². The molecule has 3 aromatic carbocycles. The average molecular weight is 514 g/mol. The van der Waals surface area contributed by atoms with Gasteiger partial charge in [-0.05, 0) is 70.0 Å². The van der Waals surface area contributed by atoms with Gasteiger partial charge in [-0.3, -0.25) is 4.79 Å². The summed E-state index contributed by atoms with van der Waals surface area (Å²) in [6, 6.07) is 20.8. The number of rotatable bonds is 6. The van der Waals surface area contributed by atoms with Crippen LogP contribution >= 0.6 is 11.3 Å². The van der Waals surface area contributed by atoms with Gasteiger partial charge in [0, 0.05) is 34.3 Å². The van der Waals surface area contributed by atoms with E-state index in [2.05, 4.69) is 10.3 Å². The van der Waals surface area contributed by atoms with E-state index < -0.39 is 6.09 Å². The van der Waals surface area contributed by atoms with Crippen molar-refractivity contribution in [2.24, 2.45) is 0 Å². The fourth-order valence-corrected chi connectivity index (χ4v) is 4.69. The van der Waals surface area contributed by atoms with Crippen molar-refractivity contribution in [1.82, 2.24) is 9.88 Å². The summed E-state index contributed by atoms with van der Waals surface area (Å²) in [7, 11) is 0. The topological polar surface area (TPSA) is 71.5 Å². The van der Waals surface area contributed by atoms with Crippen LogP contribution in [0.5, 0.6) is 5.75 Å². The molecule has 0 radical (unpaired) electrons. The predicted molar refractivity (Wildman–Crippen MR) is 150 cm³/mol. The minimum absolute atomic E-state index is 0.227. The SMILES string of the molecule is CCN(C(=O)Oc1ccc(NC(=O)c2ccccc2-c2ccc(C)cc2)cc1-c1cscn1)C(C)(C)C. The zero-order chi connectivity index (χ0) is 26.6. The summed E-state index contributed by atoms with van der Waals surface area (Å²) in [5.41, 5.74) is 6.77. The van der Waals surface area contributed by atoms with Gasteiger partial charge in [0.1, 0.15) is 5.75 Å². The van der Waals surface area contributed by atoms with Gasteiger partial charge in [-0.2, -0.15) is 0 Å². The number of nitrogens with zero attached hydrogens (tertiary/aromatic N) is 2. The van der Waals surface area contributed by atoms with E-state index in [-0.39, 0.29) is 11.4 Å². The summed E-state index contributed by atoms with van der Waals surface area (Å²) in [6.07, 6.45) is -0.435. The highest BCUT2D eigenvalue weighted by Gasteiger charge is 2.27. The van der Waals surface area contributed by atoms with Gasteiger partial charge in [-0.1, -0.05) is 48.0 Å². The van der Waals surface area contributed by atoms with Crippen molar-refractivity contribution in [2.75, 3.05) is 11.9 Å². The molecule has 0 bridgehead atoms. The Labute approximate surface area is 221 Å². The van der Waals surface area contributed by atoms with Gasteiger partial charge >= 0.3 is 6.09 Å². The van der Waals surface area contributed by atoms with Crippen molar-refractivity contribution >= 4 is 29.0 Å². The summed E-state index contributed by atoms with van der Waals surface area (Å²) < 4.78 is 5.82. The summed E-state index contributed by atoms with van der Waals surface area (Å²) in [6.45, 7) is 10.4. The molecule has 190 valence electrons. The summed E-state index contributed by atoms with van der Waals surface area (Å²) >= 11 is 1.44. The van der Waals surface area contributed by atoms with Crippen molar-refractivity contribution in [3.8, 4) is 28.1 Å². The van der Waals surface area contributed by atoms with Gasteiger partial charge in [0.05, 0.1) is 11.2 Å². The fourth-order valence-electron chi connectivity index (χ4n) is 4.13. The predicted octanol–water partition coefficient (Wildman–Crippen LogP) is 7.66. The van der Waals surface area contributed by atoms with Gasteiger partial charge in [-0.25, -0.2) is 9.78 Å². The highest BCUT2D eigenvalue weighted by Crippen LogP contribution is 2.34. The minimum atomic E-state index is -0.435. The highest BCUT2D eigenvalue weighted by atomic mass is 32.1. The Morgan fingerprint density at radius 1 is 1.00 bits per heavy atom. The number of hydrogen-bond donors (Lipinski definition) is 1. The van der Waals surface area contributed by atoms with E-state index in [0.717, 1.165) is 16.7 Å². The van der Waals surface area contributed by atoms with Crippen LogP contribution in [0, 0.1) is 6.92 Å². The molecule has 7 heteroatoms. The number of aromatic nitrogens is 1. The lowest BCUT2D eigenvalue weighted by atomic mass is 9.98. The fraction of sp³-hybridized carbons (Fsp3) is 0.233. The second-order valence-electron chi connectivity index (χ2n) is 9.73. The molecule has 4 aromatic rings. The van der Waals surface area contributed by atoms with E-state index in [9.17, 15) is 9.59 Å².